The second-order valence-corrected chi connectivity index (χ2v) is 9.52. The van der Waals surface area contributed by atoms with E-state index in [4.69, 9.17) is 11.6 Å². The van der Waals surface area contributed by atoms with E-state index in [0.29, 0.717) is 0 Å². The first-order valence-corrected chi connectivity index (χ1v) is 11.0. The molecule has 1 heterocycles. The molecule has 162 valence electrons. The number of alkyl halides is 3. The monoisotopic (exact) mass is 460 g/mol. The highest BCUT2D eigenvalue weighted by molar-refractivity contribution is 7.89. The van der Waals surface area contributed by atoms with Crippen LogP contribution < -0.4 is 5.32 Å². The second kappa shape index (κ2) is 8.56. The molecule has 0 aromatic heterocycles. The summed E-state index contributed by atoms with van der Waals surface area (Å²) in [6.45, 7) is 2.15. The number of carbonyl (C=O) groups excluding carboxylic acids is 1. The van der Waals surface area contributed by atoms with Gasteiger partial charge in [0.1, 0.15) is 0 Å². The lowest BCUT2D eigenvalue weighted by Crippen LogP contribution is -2.41. The third kappa shape index (κ3) is 4.96. The summed E-state index contributed by atoms with van der Waals surface area (Å²) in [4.78, 5) is 12.7. The molecule has 2 aromatic rings. The van der Waals surface area contributed by atoms with Gasteiger partial charge in [0.15, 0.2) is 0 Å². The summed E-state index contributed by atoms with van der Waals surface area (Å²) in [5.74, 6) is -1.01. The van der Waals surface area contributed by atoms with Gasteiger partial charge in [-0.25, -0.2) is 8.42 Å². The van der Waals surface area contributed by atoms with Crippen LogP contribution in [0.4, 0.5) is 18.9 Å². The standard InChI is InChI=1S/C20H20ClF3N2O3S/c1-13-2-5-16(6-3-13)30(28,29)26-10-8-14(9-11-26)19(27)25-18-12-15(20(22,23)24)4-7-17(18)21/h2-7,12,14H,8-11H2,1H3,(H,25,27). The average Bonchev–Trinajstić information content (AvgIpc) is 2.69. The summed E-state index contributed by atoms with van der Waals surface area (Å²) < 4.78 is 65.5. The Morgan fingerprint density at radius 3 is 2.27 bits per heavy atom. The van der Waals surface area contributed by atoms with Gasteiger partial charge in [0.25, 0.3) is 0 Å². The lowest BCUT2D eigenvalue weighted by molar-refractivity contribution is -0.137. The number of nitrogens with zero attached hydrogens (tertiary/aromatic N) is 1. The maximum Gasteiger partial charge on any atom is 0.416 e. The van der Waals surface area contributed by atoms with Crippen LogP contribution in [-0.2, 0) is 21.0 Å². The summed E-state index contributed by atoms with van der Waals surface area (Å²) in [7, 11) is -3.66. The molecular formula is C20H20ClF3N2O3S. The number of aryl methyl sites for hydroxylation is 1. The molecular weight excluding hydrogens is 441 g/mol. The molecule has 2 aromatic carbocycles. The van der Waals surface area contributed by atoms with E-state index >= 15 is 0 Å². The van der Waals surface area contributed by atoms with Gasteiger partial charge < -0.3 is 5.32 Å². The normalized spacial score (nSPS) is 16.4. The predicted molar refractivity (Wildman–Crippen MR) is 108 cm³/mol. The molecule has 1 saturated heterocycles. The third-order valence-electron chi connectivity index (χ3n) is 5.04. The number of amides is 1. The number of anilines is 1. The molecule has 10 heteroatoms. The van der Waals surface area contributed by atoms with Crippen molar-refractivity contribution in [3.63, 3.8) is 0 Å². The number of piperidine rings is 1. The predicted octanol–water partition coefficient (Wildman–Crippen LogP) is 4.71. The van der Waals surface area contributed by atoms with E-state index in [1.807, 2.05) is 6.92 Å². The van der Waals surface area contributed by atoms with Gasteiger partial charge in [-0.2, -0.15) is 17.5 Å². The van der Waals surface area contributed by atoms with Crippen LogP contribution in [0.25, 0.3) is 0 Å². The molecule has 0 spiro atoms. The smallest absolute Gasteiger partial charge is 0.325 e. The molecule has 30 heavy (non-hydrogen) atoms. The van der Waals surface area contributed by atoms with Crippen molar-refractivity contribution in [3.8, 4) is 0 Å². The minimum absolute atomic E-state index is 0.00395. The van der Waals surface area contributed by atoms with Crippen molar-refractivity contribution < 1.29 is 26.4 Å². The van der Waals surface area contributed by atoms with Gasteiger partial charge in [0.2, 0.25) is 15.9 Å². The maximum atomic E-state index is 12.9. The number of hydrogen-bond acceptors (Lipinski definition) is 3. The van der Waals surface area contributed by atoms with Gasteiger partial charge in [0.05, 0.1) is 21.2 Å². The molecule has 0 bridgehead atoms. The number of rotatable bonds is 4. The molecule has 5 nitrogen and oxygen atoms in total. The van der Waals surface area contributed by atoms with E-state index in [-0.39, 0.29) is 41.5 Å². The highest BCUT2D eigenvalue weighted by atomic mass is 35.5. The summed E-state index contributed by atoms with van der Waals surface area (Å²) >= 11 is 5.92. The van der Waals surface area contributed by atoms with Gasteiger partial charge in [-0.15, -0.1) is 0 Å². The van der Waals surface area contributed by atoms with E-state index in [9.17, 15) is 26.4 Å². The quantitative estimate of drug-likeness (QED) is 0.718. The average molecular weight is 461 g/mol. The number of sulfonamides is 1. The molecule has 0 radical (unpaired) electrons. The van der Waals surface area contributed by atoms with Crippen LogP contribution >= 0.6 is 11.6 Å². The van der Waals surface area contributed by atoms with Gasteiger partial charge in [0, 0.05) is 19.0 Å². The number of benzene rings is 2. The van der Waals surface area contributed by atoms with Crippen molar-refractivity contribution >= 4 is 33.2 Å². The fraction of sp³-hybridized carbons (Fsp3) is 0.350. The number of nitrogens with one attached hydrogen (secondary N) is 1. The van der Waals surface area contributed by atoms with Gasteiger partial charge in [-0.05, 0) is 50.1 Å². The Morgan fingerprint density at radius 2 is 1.70 bits per heavy atom. The van der Waals surface area contributed by atoms with Crippen LogP contribution in [0.1, 0.15) is 24.0 Å². The van der Waals surface area contributed by atoms with Gasteiger partial charge >= 0.3 is 6.18 Å². The molecule has 1 aliphatic rings. The summed E-state index contributed by atoms with van der Waals surface area (Å²) in [5.41, 5.74) is -0.0926. The molecule has 1 aliphatic heterocycles. The Bertz CT molecular complexity index is 1030. The molecule has 0 atom stereocenters. The van der Waals surface area contributed by atoms with Crippen LogP contribution in [0.5, 0.6) is 0 Å². The minimum Gasteiger partial charge on any atom is -0.325 e. The first-order valence-electron chi connectivity index (χ1n) is 9.23. The highest BCUT2D eigenvalue weighted by Crippen LogP contribution is 2.34. The van der Waals surface area contributed by atoms with E-state index in [0.717, 1.165) is 23.8 Å². The topological polar surface area (TPSA) is 66.5 Å². The summed E-state index contributed by atoms with van der Waals surface area (Å²) in [6.07, 6.45) is -4.04. The summed E-state index contributed by atoms with van der Waals surface area (Å²) in [6, 6.07) is 9.22. The lowest BCUT2D eigenvalue weighted by Gasteiger charge is -2.30. The van der Waals surface area contributed by atoms with E-state index < -0.39 is 33.6 Å². The Kier molecular flexibility index (Phi) is 6.45. The van der Waals surface area contributed by atoms with E-state index in [1.54, 1.807) is 24.3 Å². The molecule has 0 saturated carbocycles. The van der Waals surface area contributed by atoms with E-state index in [1.165, 1.54) is 4.31 Å². The van der Waals surface area contributed by atoms with Crippen molar-refractivity contribution in [1.29, 1.82) is 0 Å². The third-order valence-corrected chi connectivity index (χ3v) is 7.28. The molecule has 1 amide bonds. The zero-order valence-electron chi connectivity index (χ0n) is 16.0. The number of carbonyl (C=O) groups is 1. The van der Waals surface area contributed by atoms with Crippen LogP contribution in [0.15, 0.2) is 47.4 Å². The summed E-state index contributed by atoms with van der Waals surface area (Å²) in [5, 5.41) is 2.44. The zero-order chi connectivity index (χ0) is 22.1. The van der Waals surface area contributed by atoms with Crippen LogP contribution in [0.3, 0.4) is 0 Å². The second-order valence-electron chi connectivity index (χ2n) is 7.17. The lowest BCUT2D eigenvalue weighted by atomic mass is 9.97. The largest absolute Gasteiger partial charge is 0.416 e. The van der Waals surface area contributed by atoms with Crippen molar-refractivity contribution in [3.05, 3.63) is 58.6 Å². The van der Waals surface area contributed by atoms with Crippen LogP contribution in [0.2, 0.25) is 5.02 Å². The van der Waals surface area contributed by atoms with Crippen LogP contribution in [-0.4, -0.2) is 31.7 Å². The maximum absolute atomic E-state index is 12.9. The van der Waals surface area contributed by atoms with Gasteiger partial charge in [-0.1, -0.05) is 29.3 Å². The first-order chi connectivity index (χ1) is 14.0. The van der Waals surface area contributed by atoms with Crippen molar-refractivity contribution in [1.82, 2.24) is 4.31 Å². The Morgan fingerprint density at radius 1 is 1.10 bits per heavy atom. The van der Waals surface area contributed by atoms with Crippen molar-refractivity contribution in [2.75, 3.05) is 18.4 Å². The molecule has 1 N–H and O–H groups in total. The zero-order valence-corrected chi connectivity index (χ0v) is 17.6. The highest BCUT2D eigenvalue weighted by Gasteiger charge is 2.33. The fourth-order valence-electron chi connectivity index (χ4n) is 3.25. The van der Waals surface area contributed by atoms with E-state index in [2.05, 4.69) is 5.32 Å². The van der Waals surface area contributed by atoms with Crippen molar-refractivity contribution in [2.45, 2.75) is 30.8 Å². The molecule has 0 unspecified atom stereocenters. The van der Waals surface area contributed by atoms with Crippen LogP contribution in [0, 0.1) is 12.8 Å². The minimum atomic E-state index is -4.56. The number of halogens is 4. The Hall–Kier alpha value is -2.10. The number of hydrogen-bond donors (Lipinski definition) is 1. The molecule has 3 rings (SSSR count). The molecule has 0 aliphatic carbocycles. The first kappa shape index (κ1) is 22.6. The fourth-order valence-corrected chi connectivity index (χ4v) is 4.88. The Balaban J connectivity index is 1.65. The van der Waals surface area contributed by atoms with Crippen molar-refractivity contribution in [2.24, 2.45) is 5.92 Å². The molecule has 1 fully saturated rings. The Labute approximate surface area is 177 Å². The SMILES string of the molecule is Cc1ccc(S(=O)(=O)N2CCC(C(=O)Nc3cc(C(F)(F)F)ccc3Cl)CC2)cc1. The van der Waals surface area contributed by atoms with Gasteiger partial charge in [-0.3, -0.25) is 4.79 Å².